The predicted octanol–water partition coefficient (Wildman–Crippen LogP) is 20.9. The third-order valence-corrected chi connectivity index (χ3v) is 18.3. The molecule has 0 aliphatic carbocycles. The fourth-order valence-electron chi connectivity index (χ4n) is 10.6. The number of unbranched alkanes of at least 4 members (excludes halogenated alkanes) is 40. The van der Waals surface area contributed by atoms with Crippen molar-refractivity contribution >= 4 is 39.5 Å². The van der Waals surface area contributed by atoms with Gasteiger partial charge in [0.05, 0.1) is 26.4 Å². The number of phosphoric ester groups is 2. The number of allylic oxidation sites excluding steroid dienone is 4. The lowest BCUT2D eigenvalue weighted by Crippen LogP contribution is -2.30. The first-order chi connectivity index (χ1) is 44.5. The zero-order chi connectivity index (χ0) is 67.7. The summed E-state index contributed by atoms with van der Waals surface area (Å²) in [4.78, 5) is 72.6. The van der Waals surface area contributed by atoms with E-state index >= 15 is 0 Å². The second-order valence-corrected chi connectivity index (χ2v) is 29.0. The molecule has 0 bridgehead atoms. The van der Waals surface area contributed by atoms with E-state index in [9.17, 15) is 43.2 Å². The lowest BCUT2D eigenvalue weighted by Gasteiger charge is -2.21. The standard InChI is InChI=1S/C73H138O17P2/c1-6-9-12-15-18-21-23-25-27-29-33-39-44-49-54-59-73(78)90-69(63-84-71(76)57-52-47-42-37-34-30-31-36-40-45-50-55-66(4)5)65-88-92(81,82)86-61-67(74)60-85-91(79,80)87-64-68(62-83-70(75)56-51-46-41-35-20-17-14-11-8-3)89-72(77)58-53-48-43-38-32-28-26-24-22-19-16-13-10-7-2/h21,23,25,27,66-69,74H,6-20,22,24,26,28-65H2,1-5H3,(H,79,80)(H,81,82)/b23-21-,27-25-/t67-,68+,69+/m0/s1. The highest BCUT2D eigenvalue weighted by Crippen LogP contribution is 2.45. The Kier molecular flexibility index (Phi) is 64.0. The quantitative estimate of drug-likeness (QED) is 0.0169. The van der Waals surface area contributed by atoms with Gasteiger partial charge in [0.15, 0.2) is 12.2 Å². The first-order valence-electron chi connectivity index (χ1n) is 37.5. The number of phosphoric acid groups is 2. The Labute approximate surface area is 561 Å². The highest BCUT2D eigenvalue weighted by molar-refractivity contribution is 7.47. The maximum atomic E-state index is 13.0. The van der Waals surface area contributed by atoms with Gasteiger partial charge in [0.1, 0.15) is 19.3 Å². The van der Waals surface area contributed by atoms with Crippen molar-refractivity contribution in [2.75, 3.05) is 39.6 Å². The van der Waals surface area contributed by atoms with Crippen LogP contribution < -0.4 is 0 Å². The highest BCUT2D eigenvalue weighted by atomic mass is 31.2. The fraction of sp³-hybridized carbons (Fsp3) is 0.890. The molecule has 19 heteroatoms. The van der Waals surface area contributed by atoms with Crippen LogP contribution in [0.4, 0.5) is 0 Å². The highest BCUT2D eigenvalue weighted by Gasteiger charge is 2.30. The number of esters is 4. The van der Waals surface area contributed by atoms with Gasteiger partial charge in [-0.1, -0.05) is 303 Å². The molecule has 3 N–H and O–H groups in total. The molecule has 0 spiro atoms. The first-order valence-corrected chi connectivity index (χ1v) is 40.4. The molecule has 5 atom stereocenters. The van der Waals surface area contributed by atoms with Gasteiger partial charge in [-0.05, 0) is 57.3 Å². The van der Waals surface area contributed by atoms with Crippen LogP contribution in [0.15, 0.2) is 24.3 Å². The second kappa shape index (κ2) is 65.8. The maximum Gasteiger partial charge on any atom is 0.472 e. The molecule has 92 heavy (non-hydrogen) atoms. The molecule has 2 unspecified atom stereocenters. The Hall–Kier alpha value is -2.46. The van der Waals surface area contributed by atoms with Gasteiger partial charge in [-0.15, -0.1) is 0 Å². The van der Waals surface area contributed by atoms with E-state index in [1.165, 1.54) is 167 Å². The summed E-state index contributed by atoms with van der Waals surface area (Å²) in [5.41, 5.74) is 0. The SMILES string of the molecule is CCCCCC/C=C\C=C/CCCCCCCC(=O)O[C@H](COC(=O)CCCCCCCCCCCCCC(C)C)COP(=O)(O)OC[C@@H](O)COP(=O)(O)OC[C@@H](COC(=O)CCCCCCCCCCC)OC(=O)CCCCCCCCCCCCCCCC. The normalized spacial score (nSPS) is 14.2. The number of rotatable bonds is 71. The molecule has 0 aliphatic heterocycles. The van der Waals surface area contributed by atoms with Crippen molar-refractivity contribution in [3.8, 4) is 0 Å². The van der Waals surface area contributed by atoms with Gasteiger partial charge in [-0.3, -0.25) is 37.3 Å². The van der Waals surface area contributed by atoms with Crippen LogP contribution in [0, 0.1) is 5.92 Å². The van der Waals surface area contributed by atoms with E-state index in [-0.39, 0.29) is 25.7 Å². The van der Waals surface area contributed by atoms with Gasteiger partial charge in [-0.2, -0.15) is 0 Å². The smallest absolute Gasteiger partial charge is 0.462 e. The summed E-state index contributed by atoms with van der Waals surface area (Å²) in [5.74, 6) is -1.38. The summed E-state index contributed by atoms with van der Waals surface area (Å²) in [5, 5.41) is 10.6. The van der Waals surface area contributed by atoms with Crippen LogP contribution in [0.25, 0.3) is 0 Å². The second-order valence-electron chi connectivity index (χ2n) is 26.1. The minimum absolute atomic E-state index is 0.0852. The Bertz CT molecular complexity index is 1860. The summed E-state index contributed by atoms with van der Waals surface area (Å²) in [6.45, 7) is 7.19. The Morgan fingerprint density at radius 1 is 0.337 bits per heavy atom. The molecule has 0 amide bonds. The summed E-state index contributed by atoms with van der Waals surface area (Å²) >= 11 is 0. The van der Waals surface area contributed by atoms with Gasteiger partial charge in [0.25, 0.3) is 0 Å². The number of hydrogen-bond donors (Lipinski definition) is 3. The largest absolute Gasteiger partial charge is 0.472 e. The number of carbonyl (C=O) groups excluding carboxylic acids is 4. The van der Waals surface area contributed by atoms with Crippen molar-refractivity contribution in [3.05, 3.63) is 24.3 Å². The molecular weight excluding hydrogens is 1210 g/mol. The number of hydrogen-bond acceptors (Lipinski definition) is 15. The van der Waals surface area contributed by atoms with Crippen LogP contribution in [-0.4, -0.2) is 96.7 Å². The van der Waals surface area contributed by atoms with Gasteiger partial charge in [0.2, 0.25) is 0 Å². The Balaban J connectivity index is 5.28. The molecule has 0 saturated carbocycles. The zero-order valence-corrected chi connectivity index (χ0v) is 61.0. The molecule has 0 heterocycles. The number of ether oxygens (including phenoxy) is 4. The average molecular weight is 1350 g/mol. The van der Waals surface area contributed by atoms with Crippen LogP contribution in [0.5, 0.6) is 0 Å². The molecule has 0 aromatic carbocycles. The van der Waals surface area contributed by atoms with Crippen molar-refractivity contribution in [1.82, 2.24) is 0 Å². The third-order valence-electron chi connectivity index (χ3n) is 16.4. The van der Waals surface area contributed by atoms with E-state index in [0.29, 0.717) is 25.7 Å². The van der Waals surface area contributed by atoms with Crippen molar-refractivity contribution in [1.29, 1.82) is 0 Å². The molecule has 0 radical (unpaired) electrons. The van der Waals surface area contributed by atoms with Crippen LogP contribution in [0.2, 0.25) is 0 Å². The van der Waals surface area contributed by atoms with Crippen LogP contribution >= 0.6 is 15.6 Å². The summed E-state index contributed by atoms with van der Waals surface area (Å²) < 4.78 is 68.3. The lowest BCUT2D eigenvalue weighted by molar-refractivity contribution is -0.161. The maximum absolute atomic E-state index is 13.0. The average Bonchev–Trinajstić information content (AvgIpc) is 3.70. The molecule has 542 valence electrons. The predicted molar refractivity (Wildman–Crippen MR) is 372 cm³/mol. The molecule has 0 aromatic heterocycles. The van der Waals surface area contributed by atoms with Crippen molar-refractivity contribution in [2.24, 2.45) is 5.92 Å². The van der Waals surface area contributed by atoms with Gasteiger partial charge < -0.3 is 33.8 Å². The summed E-state index contributed by atoms with van der Waals surface area (Å²) in [6, 6.07) is 0. The van der Waals surface area contributed by atoms with Crippen molar-refractivity contribution in [2.45, 2.75) is 374 Å². The summed E-state index contributed by atoms with van der Waals surface area (Å²) in [7, 11) is -9.92. The minimum Gasteiger partial charge on any atom is -0.462 e. The number of aliphatic hydroxyl groups is 1. The van der Waals surface area contributed by atoms with Crippen LogP contribution in [0.1, 0.15) is 356 Å². The van der Waals surface area contributed by atoms with E-state index in [0.717, 1.165) is 109 Å². The van der Waals surface area contributed by atoms with Crippen LogP contribution in [0.3, 0.4) is 0 Å². The third kappa shape index (κ3) is 66.2. The molecule has 0 fully saturated rings. The monoisotopic (exact) mass is 1350 g/mol. The zero-order valence-electron chi connectivity index (χ0n) is 59.2. The van der Waals surface area contributed by atoms with Gasteiger partial charge >= 0.3 is 39.5 Å². The number of carbonyl (C=O) groups is 4. The topological polar surface area (TPSA) is 237 Å². The van der Waals surface area contributed by atoms with E-state index in [1.807, 2.05) is 0 Å². The molecular formula is C73H138O17P2. The van der Waals surface area contributed by atoms with Crippen molar-refractivity contribution in [3.63, 3.8) is 0 Å². The molecule has 17 nitrogen and oxygen atoms in total. The minimum atomic E-state index is -4.96. The molecule has 0 aliphatic rings. The van der Waals surface area contributed by atoms with Gasteiger partial charge in [0, 0.05) is 25.7 Å². The van der Waals surface area contributed by atoms with Gasteiger partial charge in [-0.25, -0.2) is 9.13 Å². The Morgan fingerprint density at radius 2 is 0.587 bits per heavy atom. The summed E-state index contributed by atoms with van der Waals surface area (Å²) in [6.07, 6.45) is 56.2. The molecule has 0 rings (SSSR count). The first kappa shape index (κ1) is 89.5. The van der Waals surface area contributed by atoms with E-state index in [4.69, 9.17) is 37.0 Å². The van der Waals surface area contributed by atoms with Crippen LogP contribution in [-0.2, 0) is 65.4 Å². The lowest BCUT2D eigenvalue weighted by atomic mass is 10.0. The van der Waals surface area contributed by atoms with E-state index < -0.39 is 97.5 Å². The molecule has 0 saturated heterocycles. The Morgan fingerprint density at radius 3 is 0.891 bits per heavy atom. The van der Waals surface area contributed by atoms with E-state index in [1.54, 1.807) is 0 Å². The number of aliphatic hydroxyl groups excluding tert-OH is 1. The van der Waals surface area contributed by atoms with E-state index in [2.05, 4.69) is 58.9 Å². The van der Waals surface area contributed by atoms with Crippen molar-refractivity contribution < 1.29 is 80.2 Å². The fourth-order valence-corrected chi connectivity index (χ4v) is 12.2. The molecule has 0 aromatic rings.